The van der Waals surface area contributed by atoms with Crippen LogP contribution in [-0.2, 0) is 10.0 Å². The van der Waals surface area contributed by atoms with Crippen molar-refractivity contribution in [2.24, 2.45) is 0 Å². The predicted octanol–water partition coefficient (Wildman–Crippen LogP) is 3.58. The Labute approximate surface area is 160 Å². The third-order valence-electron chi connectivity index (χ3n) is 4.79. The van der Waals surface area contributed by atoms with Gasteiger partial charge in [-0.2, -0.15) is 9.29 Å². The van der Waals surface area contributed by atoms with E-state index in [4.69, 9.17) is 4.52 Å². The van der Waals surface area contributed by atoms with E-state index in [1.165, 1.54) is 0 Å². The van der Waals surface area contributed by atoms with Gasteiger partial charge in [-0.25, -0.2) is 17.2 Å². The summed E-state index contributed by atoms with van der Waals surface area (Å²) in [6.07, 6.45) is 0.845. The van der Waals surface area contributed by atoms with Crippen molar-refractivity contribution in [3.05, 3.63) is 66.1 Å². The molecule has 1 saturated heterocycles. The second kappa shape index (κ2) is 7.40. The van der Waals surface area contributed by atoms with Gasteiger partial charge >= 0.3 is 0 Å². The quantitative estimate of drug-likeness (QED) is 0.663. The van der Waals surface area contributed by atoms with E-state index < -0.39 is 26.6 Å². The average Bonchev–Trinajstić information content (AvgIpc) is 3.19. The molecule has 0 atom stereocenters. The van der Waals surface area contributed by atoms with Crippen LogP contribution in [0.5, 0.6) is 0 Å². The van der Waals surface area contributed by atoms with Crippen molar-refractivity contribution in [2.75, 3.05) is 13.1 Å². The van der Waals surface area contributed by atoms with Crippen LogP contribution in [0.4, 0.5) is 8.78 Å². The van der Waals surface area contributed by atoms with Crippen molar-refractivity contribution >= 4 is 10.0 Å². The van der Waals surface area contributed by atoms with Crippen molar-refractivity contribution in [1.29, 1.82) is 0 Å². The number of nitrogens with zero attached hydrogens (tertiary/aromatic N) is 3. The lowest BCUT2D eigenvalue weighted by Crippen LogP contribution is -2.38. The second-order valence-corrected chi connectivity index (χ2v) is 8.43. The van der Waals surface area contributed by atoms with E-state index in [2.05, 4.69) is 10.1 Å². The molecule has 1 fully saturated rings. The van der Waals surface area contributed by atoms with Crippen LogP contribution in [0, 0.1) is 11.6 Å². The SMILES string of the molecule is O=S(=O)(c1c(F)cccc1F)N1CCC(c2nc(-c3ccccc3)no2)CC1. The number of piperidine rings is 1. The summed E-state index contributed by atoms with van der Waals surface area (Å²) in [5, 5.41) is 3.98. The number of benzene rings is 2. The zero-order chi connectivity index (χ0) is 19.7. The molecule has 146 valence electrons. The van der Waals surface area contributed by atoms with Crippen molar-refractivity contribution in [3.8, 4) is 11.4 Å². The van der Waals surface area contributed by atoms with Crippen molar-refractivity contribution in [2.45, 2.75) is 23.7 Å². The monoisotopic (exact) mass is 405 g/mol. The summed E-state index contributed by atoms with van der Waals surface area (Å²) in [6, 6.07) is 12.4. The lowest BCUT2D eigenvalue weighted by molar-refractivity contribution is 0.269. The molecule has 0 saturated carbocycles. The Bertz CT molecular complexity index is 1060. The zero-order valence-corrected chi connectivity index (χ0v) is 15.6. The standard InChI is InChI=1S/C19H17F2N3O3S/c20-15-7-4-8-16(21)17(15)28(25,26)24-11-9-14(10-12-24)19-22-18(23-27-19)13-5-2-1-3-6-13/h1-8,14H,9-12H2. The van der Waals surface area contributed by atoms with Crippen LogP contribution >= 0.6 is 0 Å². The Morgan fingerprint density at radius 1 is 0.964 bits per heavy atom. The van der Waals surface area contributed by atoms with Crippen LogP contribution in [0.25, 0.3) is 11.4 Å². The van der Waals surface area contributed by atoms with Crippen LogP contribution in [0.1, 0.15) is 24.7 Å². The van der Waals surface area contributed by atoms with Gasteiger partial charge < -0.3 is 4.52 Å². The van der Waals surface area contributed by atoms with Crippen LogP contribution in [0.2, 0.25) is 0 Å². The molecule has 0 amide bonds. The summed E-state index contributed by atoms with van der Waals surface area (Å²) >= 11 is 0. The minimum atomic E-state index is -4.25. The van der Waals surface area contributed by atoms with Crippen molar-refractivity contribution in [3.63, 3.8) is 0 Å². The first-order valence-corrected chi connectivity index (χ1v) is 10.2. The van der Waals surface area contributed by atoms with Gasteiger partial charge in [0, 0.05) is 24.6 Å². The molecule has 2 aromatic carbocycles. The van der Waals surface area contributed by atoms with Crippen LogP contribution in [-0.4, -0.2) is 36.0 Å². The highest BCUT2D eigenvalue weighted by Crippen LogP contribution is 2.32. The van der Waals surface area contributed by atoms with Crippen LogP contribution in [0.15, 0.2) is 57.9 Å². The lowest BCUT2D eigenvalue weighted by atomic mass is 9.98. The summed E-state index contributed by atoms with van der Waals surface area (Å²) < 4.78 is 59.6. The van der Waals surface area contributed by atoms with Gasteiger partial charge in [0.05, 0.1) is 0 Å². The second-order valence-electron chi connectivity index (χ2n) is 6.55. The van der Waals surface area contributed by atoms with E-state index in [1.807, 2.05) is 30.3 Å². The molecule has 1 aliphatic heterocycles. The first kappa shape index (κ1) is 18.7. The summed E-state index contributed by atoms with van der Waals surface area (Å²) in [5.41, 5.74) is 0.826. The number of hydrogen-bond acceptors (Lipinski definition) is 5. The molecule has 1 aromatic heterocycles. The van der Waals surface area contributed by atoms with Crippen LogP contribution in [0.3, 0.4) is 0 Å². The Kier molecular flexibility index (Phi) is 4.94. The van der Waals surface area contributed by atoms with Gasteiger partial charge in [0.2, 0.25) is 21.7 Å². The Morgan fingerprint density at radius 3 is 2.25 bits per heavy atom. The van der Waals surface area contributed by atoms with Gasteiger partial charge in [-0.1, -0.05) is 41.6 Å². The Balaban J connectivity index is 1.49. The first-order chi connectivity index (χ1) is 13.5. The molecule has 0 radical (unpaired) electrons. The summed E-state index contributed by atoms with van der Waals surface area (Å²) in [6.45, 7) is 0.230. The maximum atomic E-state index is 13.9. The molecule has 0 bridgehead atoms. The fourth-order valence-corrected chi connectivity index (χ4v) is 4.89. The minimum absolute atomic E-state index is 0.109. The normalized spacial score (nSPS) is 16.4. The maximum Gasteiger partial charge on any atom is 0.248 e. The van der Waals surface area contributed by atoms with Gasteiger partial charge in [-0.3, -0.25) is 0 Å². The van der Waals surface area contributed by atoms with Crippen molar-refractivity contribution in [1.82, 2.24) is 14.4 Å². The fourth-order valence-electron chi connectivity index (χ4n) is 3.31. The molecule has 6 nitrogen and oxygen atoms in total. The molecule has 28 heavy (non-hydrogen) atoms. The predicted molar refractivity (Wildman–Crippen MR) is 96.8 cm³/mol. The number of aromatic nitrogens is 2. The summed E-state index contributed by atoms with van der Waals surface area (Å²) in [4.78, 5) is 3.51. The maximum absolute atomic E-state index is 13.9. The molecule has 9 heteroatoms. The fraction of sp³-hybridized carbons (Fsp3) is 0.263. The molecule has 0 unspecified atom stereocenters. The molecule has 0 aliphatic carbocycles. The summed E-state index contributed by atoms with van der Waals surface area (Å²) in [7, 11) is -4.25. The van der Waals surface area contributed by atoms with E-state index in [0.717, 1.165) is 28.1 Å². The number of hydrogen-bond donors (Lipinski definition) is 0. The molecule has 3 aromatic rings. The first-order valence-electron chi connectivity index (χ1n) is 8.80. The van der Waals surface area contributed by atoms with Crippen LogP contribution < -0.4 is 0 Å². The van der Waals surface area contributed by atoms with Gasteiger partial charge in [-0.05, 0) is 25.0 Å². The third kappa shape index (κ3) is 3.43. The molecule has 2 heterocycles. The average molecular weight is 405 g/mol. The summed E-state index contributed by atoms with van der Waals surface area (Å²) in [5.74, 6) is -1.38. The van der Waals surface area contributed by atoms with Gasteiger partial charge in [0.1, 0.15) is 11.6 Å². The molecule has 0 N–H and O–H groups in total. The van der Waals surface area contributed by atoms with E-state index in [0.29, 0.717) is 24.6 Å². The number of rotatable bonds is 4. The molecule has 1 aliphatic rings. The minimum Gasteiger partial charge on any atom is -0.339 e. The molecular weight excluding hydrogens is 388 g/mol. The number of halogens is 2. The van der Waals surface area contributed by atoms with Crippen molar-refractivity contribution < 1.29 is 21.7 Å². The highest BCUT2D eigenvalue weighted by Gasteiger charge is 2.35. The van der Waals surface area contributed by atoms with Gasteiger partial charge in [-0.15, -0.1) is 0 Å². The van der Waals surface area contributed by atoms with E-state index in [1.54, 1.807) is 0 Å². The number of sulfonamides is 1. The van der Waals surface area contributed by atoms with E-state index in [9.17, 15) is 17.2 Å². The topological polar surface area (TPSA) is 76.3 Å². The zero-order valence-electron chi connectivity index (χ0n) is 14.8. The van der Waals surface area contributed by atoms with Gasteiger partial charge in [0.15, 0.2) is 4.90 Å². The highest BCUT2D eigenvalue weighted by molar-refractivity contribution is 7.89. The van der Waals surface area contributed by atoms with E-state index >= 15 is 0 Å². The molecular formula is C19H17F2N3O3S. The molecule has 4 rings (SSSR count). The smallest absolute Gasteiger partial charge is 0.248 e. The molecule has 0 spiro atoms. The third-order valence-corrected chi connectivity index (χ3v) is 6.74. The highest BCUT2D eigenvalue weighted by atomic mass is 32.2. The Hall–Kier alpha value is -2.65. The lowest BCUT2D eigenvalue weighted by Gasteiger charge is -2.29. The Morgan fingerprint density at radius 2 is 1.61 bits per heavy atom. The largest absolute Gasteiger partial charge is 0.339 e. The van der Waals surface area contributed by atoms with Gasteiger partial charge in [0.25, 0.3) is 0 Å². The van der Waals surface area contributed by atoms with E-state index in [-0.39, 0.29) is 19.0 Å².